The maximum Gasteiger partial charge on any atom is 0.410 e. The monoisotopic (exact) mass is 405 g/mol. The number of ether oxygens (including phenoxy) is 4. The van der Waals surface area contributed by atoms with Crippen LogP contribution in [-0.2, 0) is 9.47 Å². The molecule has 1 fully saturated rings. The number of carbonyl (C=O) groups is 1. The molecule has 3 rings (SSSR count). The third-order valence-electron chi connectivity index (χ3n) is 4.18. The van der Waals surface area contributed by atoms with E-state index < -0.39 is 5.60 Å². The summed E-state index contributed by atoms with van der Waals surface area (Å²) < 4.78 is 22.6. The summed E-state index contributed by atoms with van der Waals surface area (Å²) >= 11 is 0. The molecule has 0 saturated carbocycles. The number of nitrogens with one attached hydrogen (secondary N) is 1. The molecule has 0 spiro atoms. The van der Waals surface area contributed by atoms with Crippen LogP contribution in [0.15, 0.2) is 18.5 Å². The number of H-pyrrole nitrogens is 1. The fourth-order valence-electron chi connectivity index (χ4n) is 2.91. The molecule has 0 bridgehead atoms. The second kappa shape index (κ2) is 8.56. The zero-order chi connectivity index (χ0) is 21.0. The Balaban J connectivity index is 1.69. The van der Waals surface area contributed by atoms with Gasteiger partial charge in [0.15, 0.2) is 5.75 Å². The van der Waals surface area contributed by atoms with Crippen molar-refractivity contribution < 1.29 is 23.7 Å². The minimum Gasteiger partial charge on any atom is -0.494 e. The lowest BCUT2D eigenvalue weighted by Gasteiger charge is -2.34. The highest BCUT2D eigenvalue weighted by atomic mass is 16.6. The van der Waals surface area contributed by atoms with Crippen LogP contribution in [0.4, 0.5) is 10.6 Å². The fourth-order valence-corrected chi connectivity index (χ4v) is 2.91. The van der Waals surface area contributed by atoms with Gasteiger partial charge in [-0.1, -0.05) is 0 Å². The number of nitrogens with two attached hydrogens (primary N) is 1. The molecular formula is C19H27N5O5. The first-order chi connectivity index (χ1) is 13.8. The summed E-state index contributed by atoms with van der Waals surface area (Å²) in [5, 5.41) is 6.81. The summed E-state index contributed by atoms with van der Waals surface area (Å²) in [7, 11) is 1.55. The van der Waals surface area contributed by atoms with E-state index >= 15 is 0 Å². The van der Waals surface area contributed by atoms with E-state index in [-0.39, 0.29) is 18.8 Å². The Morgan fingerprint density at radius 3 is 2.79 bits per heavy atom. The van der Waals surface area contributed by atoms with Crippen LogP contribution in [0.1, 0.15) is 20.8 Å². The smallest absolute Gasteiger partial charge is 0.410 e. The van der Waals surface area contributed by atoms with E-state index in [4.69, 9.17) is 24.7 Å². The van der Waals surface area contributed by atoms with Crippen molar-refractivity contribution >= 4 is 11.9 Å². The molecule has 0 radical (unpaired) electrons. The highest BCUT2D eigenvalue weighted by Crippen LogP contribution is 2.37. The van der Waals surface area contributed by atoms with Crippen molar-refractivity contribution in [3.63, 3.8) is 0 Å². The largest absolute Gasteiger partial charge is 0.494 e. The number of hydrogen-bond donors (Lipinski definition) is 2. The predicted molar refractivity (Wildman–Crippen MR) is 106 cm³/mol. The summed E-state index contributed by atoms with van der Waals surface area (Å²) in [5.74, 6) is 1.37. The van der Waals surface area contributed by atoms with Gasteiger partial charge in [-0.15, -0.1) is 0 Å². The molecule has 0 aromatic carbocycles. The van der Waals surface area contributed by atoms with E-state index in [1.165, 1.54) is 0 Å². The molecule has 2 aromatic rings. The first kappa shape index (κ1) is 20.7. The number of morpholine rings is 1. The summed E-state index contributed by atoms with van der Waals surface area (Å²) in [6.45, 7) is 7.00. The van der Waals surface area contributed by atoms with Crippen LogP contribution in [0.3, 0.4) is 0 Å². The van der Waals surface area contributed by atoms with Crippen LogP contribution in [0, 0.1) is 0 Å². The van der Waals surface area contributed by atoms with Gasteiger partial charge in [-0.05, 0) is 20.8 Å². The quantitative estimate of drug-likeness (QED) is 0.775. The Labute approximate surface area is 169 Å². The average molecular weight is 405 g/mol. The Bertz CT molecular complexity index is 848. The lowest BCUT2D eigenvalue weighted by Crippen LogP contribution is -2.49. The van der Waals surface area contributed by atoms with Crippen molar-refractivity contribution in [3.05, 3.63) is 18.5 Å². The molecule has 10 nitrogen and oxygen atoms in total. The van der Waals surface area contributed by atoms with Crippen LogP contribution in [0.2, 0.25) is 0 Å². The van der Waals surface area contributed by atoms with E-state index in [9.17, 15) is 4.79 Å². The van der Waals surface area contributed by atoms with Crippen LogP contribution in [-0.4, -0.2) is 71.3 Å². The third-order valence-corrected chi connectivity index (χ3v) is 4.18. The van der Waals surface area contributed by atoms with E-state index in [1.54, 1.807) is 30.5 Å². The highest BCUT2D eigenvalue weighted by molar-refractivity contribution is 5.74. The zero-order valence-electron chi connectivity index (χ0n) is 17.1. The van der Waals surface area contributed by atoms with Gasteiger partial charge in [0.2, 0.25) is 0 Å². The first-order valence-electron chi connectivity index (χ1n) is 9.32. The second-order valence-electron chi connectivity index (χ2n) is 7.65. The Morgan fingerprint density at radius 2 is 2.14 bits per heavy atom. The standard InChI is InChI=1S/C19H27N5O5/c1-19(2,3)29-18(25)24-5-6-27-12(10-24)11-28-15-9-21-8-14(26-4)17(15)13-7-16(20)23-22-13/h7-9,12H,5-6,10-11H2,1-4H3,(H3,20,22,23)/t12-/m0/s1. The van der Waals surface area contributed by atoms with Crippen LogP contribution < -0.4 is 15.2 Å². The number of nitrogen functional groups attached to an aromatic ring is 1. The molecule has 1 aliphatic heterocycles. The fraction of sp³-hybridized carbons (Fsp3) is 0.526. The van der Waals surface area contributed by atoms with Crippen molar-refractivity contribution in [2.45, 2.75) is 32.5 Å². The molecule has 10 heteroatoms. The van der Waals surface area contributed by atoms with E-state index in [0.29, 0.717) is 48.3 Å². The molecule has 2 aromatic heterocycles. The van der Waals surface area contributed by atoms with Crippen molar-refractivity contribution in [2.75, 3.05) is 39.1 Å². The molecule has 1 aliphatic rings. The molecule has 1 saturated heterocycles. The molecule has 0 aliphatic carbocycles. The lowest BCUT2D eigenvalue weighted by atomic mass is 10.1. The number of aromatic amines is 1. The average Bonchev–Trinajstić information content (AvgIpc) is 3.10. The number of nitrogens with zero attached hydrogens (tertiary/aromatic N) is 3. The first-order valence-corrected chi connectivity index (χ1v) is 9.32. The molecule has 158 valence electrons. The molecular weight excluding hydrogens is 378 g/mol. The predicted octanol–water partition coefficient (Wildman–Crippen LogP) is 2.08. The highest BCUT2D eigenvalue weighted by Gasteiger charge is 2.29. The maximum atomic E-state index is 12.3. The zero-order valence-corrected chi connectivity index (χ0v) is 17.1. The van der Waals surface area contributed by atoms with Crippen molar-refractivity contribution in [2.24, 2.45) is 0 Å². The maximum absolute atomic E-state index is 12.3. The minimum atomic E-state index is -0.547. The lowest BCUT2D eigenvalue weighted by molar-refractivity contribution is -0.0557. The van der Waals surface area contributed by atoms with Crippen LogP contribution in [0.5, 0.6) is 11.5 Å². The van der Waals surface area contributed by atoms with Gasteiger partial charge in [0, 0.05) is 12.6 Å². The number of rotatable bonds is 5. The topological polar surface area (TPSA) is 125 Å². The Hall–Kier alpha value is -3.01. The van der Waals surface area contributed by atoms with Gasteiger partial charge in [-0.3, -0.25) is 10.1 Å². The number of amides is 1. The number of aromatic nitrogens is 3. The van der Waals surface area contributed by atoms with Gasteiger partial charge >= 0.3 is 6.09 Å². The summed E-state index contributed by atoms with van der Waals surface area (Å²) in [6, 6.07) is 1.69. The molecule has 0 unspecified atom stereocenters. The summed E-state index contributed by atoms with van der Waals surface area (Å²) in [6.07, 6.45) is 2.51. The normalized spacial score (nSPS) is 17.1. The van der Waals surface area contributed by atoms with Gasteiger partial charge in [-0.2, -0.15) is 5.10 Å². The van der Waals surface area contributed by atoms with Gasteiger partial charge in [-0.25, -0.2) is 4.79 Å². The summed E-state index contributed by atoms with van der Waals surface area (Å²) in [5.41, 5.74) is 6.49. The number of hydrogen-bond acceptors (Lipinski definition) is 8. The third kappa shape index (κ3) is 5.29. The summed E-state index contributed by atoms with van der Waals surface area (Å²) in [4.78, 5) is 18.1. The molecule has 3 heterocycles. The number of carbonyl (C=O) groups excluding carboxylic acids is 1. The van der Waals surface area contributed by atoms with Crippen molar-refractivity contribution in [3.8, 4) is 22.8 Å². The number of methoxy groups -OCH3 is 1. The molecule has 1 amide bonds. The van der Waals surface area contributed by atoms with Gasteiger partial charge < -0.3 is 29.6 Å². The SMILES string of the molecule is COc1cncc(OC[C@@H]2CN(C(=O)OC(C)(C)C)CCO2)c1-c1cc(N)n[nH]1. The number of pyridine rings is 1. The van der Waals surface area contributed by atoms with Gasteiger partial charge in [0.05, 0.1) is 43.9 Å². The minimum absolute atomic E-state index is 0.227. The van der Waals surface area contributed by atoms with Crippen molar-refractivity contribution in [1.29, 1.82) is 0 Å². The molecule has 3 N–H and O–H groups in total. The van der Waals surface area contributed by atoms with Gasteiger partial charge in [0.1, 0.15) is 29.9 Å². The van der Waals surface area contributed by atoms with E-state index in [0.717, 1.165) is 0 Å². The van der Waals surface area contributed by atoms with E-state index in [1.807, 2.05) is 20.8 Å². The number of anilines is 1. The van der Waals surface area contributed by atoms with Crippen molar-refractivity contribution in [1.82, 2.24) is 20.1 Å². The Kier molecular flexibility index (Phi) is 6.12. The van der Waals surface area contributed by atoms with Crippen LogP contribution in [0.25, 0.3) is 11.3 Å². The molecule has 29 heavy (non-hydrogen) atoms. The molecule has 1 atom stereocenters. The van der Waals surface area contributed by atoms with Gasteiger partial charge in [0.25, 0.3) is 0 Å². The Morgan fingerprint density at radius 1 is 1.38 bits per heavy atom. The second-order valence-corrected chi connectivity index (χ2v) is 7.65. The van der Waals surface area contributed by atoms with Crippen LogP contribution >= 0.6 is 0 Å². The van der Waals surface area contributed by atoms with E-state index in [2.05, 4.69) is 15.2 Å².